The molecule has 11 rings (SSSR count). The first-order valence-electron chi connectivity index (χ1n) is 17.0. The Morgan fingerprint density at radius 3 is 1.65 bits per heavy atom. The lowest BCUT2D eigenvalue weighted by molar-refractivity contribution is 0.669. The Bertz CT molecular complexity index is 3060. The number of para-hydroxylation sites is 3. The molecule has 0 radical (unpaired) electrons. The highest BCUT2D eigenvalue weighted by Gasteiger charge is 2.24. The highest BCUT2D eigenvalue weighted by Crippen LogP contribution is 2.44. The Balaban J connectivity index is 1.33. The minimum atomic E-state index is 0.546. The third-order valence-electron chi connectivity index (χ3n) is 9.96. The van der Waals surface area contributed by atoms with Crippen LogP contribution in [0.2, 0.25) is 0 Å². The van der Waals surface area contributed by atoms with Gasteiger partial charge in [-0.3, -0.25) is 4.57 Å². The van der Waals surface area contributed by atoms with Crippen LogP contribution >= 0.6 is 0 Å². The van der Waals surface area contributed by atoms with Gasteiger partial charge in [-0.2, -0.15) is 9.97 Å². The van der Waals surface area contributed by atoms with Gasteiger partial charge < -0.3 is 8.98 Å². The number of benzene rings is 7. The Kier molecular flexibility index (Phi) is 5.86. The van der Waals surface area contributed by atoms with Gasteiger partial charge in [0.15, 0.2) is 11.6 Å². The van der Waals surface area contributed by atoms with E-state index in [1.165, 1.54) is 10.8 Å². The van der Waals surface area contributed by atoms with Crippen molar-refractivity contribution in [2.45, 2.75) is 0 Å². The van der Waals surface area contributed by atoms with E-state index < -0.39 is 0 Å². The third kappa shape index (κ3) is 4.14. The van der Waals surface area contributed by atoms with Crippen LogP contribution in [0.25, 0.3) is 100.0 Å². The molecular weight excluding hydrogens is 627 g/mol. The summed E-state index contributed by atoms with van der Waals surface area (Å²) in [5.74, 6) is 1.77. The van der Waals surface area contributed by atoms with E-state index in [0.29, 0.717) is 17.6 Å². The van der Waals surface area contributed by atoms with Gasteiger partial charge in [-0.25, -0.2) is 4.98 Å². The fraction of sp³-hybridized carbons (Fsp3) is 0. The van der Waals surface area contributed by atoms with E-state index in [-0.39, 0.29) is 0 Å². The maximum Gasteiger partial charge on any atom is 0.238 e. The first-order chi connectivity index (χ1) is 25.3. The van der Waals surface area contributed by atoms with Crippen LogP contribution in [0.5, 0.6) is 0 Å². The van der Waals surface area contributed by atoms with Gasteiger partial charge in [0.25, 0.3) is 0 Å². The summed E-state index contributed by atoms with van der Waals surface area (Å²) in [6, 6.07) is 56.6. The van der Waals surface area contributed by atoms with E-state index in [1.807, 2.05) is 72.8 Å². The Morgan fingerprint density at radius 1 is 0.373 bits per heavy atom. The molecule has 51 heavy (non-hydrogen) atoms. The summed E-state index contributed by atoms with van der Waals surface area (Å²) >= 11 is 0. The van der Waals surface area contributed by atoms with Crippen molar-refractivity contribution in [1.82, 2.24) is 24.1 Å². The highest BCUT2D eigenvalue weighted by atomic mass is 16.3. The largest absolute Gasteiger partial charge is 0.456 e. The molecule has 0 aliphatic carbocycles. The molecule has 7 aromatic carbocycles. The number of nitrogens with zero attached hydrogens (tertiary/aromatic N) is 5. The summed E-state index contributed by atoms with van der Waals surface area (Å²) in [5.41, 5.74) is 8.90. The van der Waals surface area contributed by atoms with Crippen LogP contribution in [0.1, 0.15) is 0 Å². The van der Waals surface area contributed by atoms with Crippen LogP contribution in [-0.2, 0) is 0 Å². The maximum atomic E-state index is 6.48. The van der Waals surface area contributed by atoms with Crippen molar-refractivity contribution in [3.63, 3.8) is 0 Å². The van der Waals surface area contributed by atoms with Crippen molar-refractivity contribution in [3.05, 3.63) is 164 Å². The molecule has 4 heterocycles. The van der Waals surface area contributed by atoms with Crippen LogP contribution in [0.4, 0.5) is 0 Å². The van der Waals surface area contributed by atoms with Gasteiger partial charge in [0, 0.05) is 55.2 Å². The van der Waals surface area contributed by atoms with Crippen LogP contribution in [-0.4, -0.2) is 24.1 Å². The molecule has 0 amide bonds. The molecule has 0 aliphatic heterocycles. The van der Waals surface area contributed by atoms with Crippen molar-refractivity contribution < 1.29 is 4.42 Å². The monoisotopic (exact) mass is 653 g/mol. The zero-order valence-corrected chi connectivity index (χ0v) is 27.2. The molecule has 0 atom stereocenters. The second-order valence-electron chi connectivity index (χ2n) is 12.9. The number of hydrogen-bond donors (Lipinski definition) is 0. The molecule has 238 valence electrons. The van der Waals surface area contributed by atoms with Crippen molar-refractivity contribution >= 4 is 65.6 Å². The molecule has 0 saturated heterocycles. The predicted octanol–water partition coefficient (Wildman–Crippen LogP) is 11.3. The van der Waals surface area contributed by atoms with E-state index >= 15 is 0 Å². The summed E-state index contributed by atoms with van der Waals surface area (Å²) in [7, 11) is 0. The number of hydrogen-bond acceptors (Lipinski definition) is 4. The van der Waals surface area contributed by atoms with Crippen LogP contribution in [0, 0.1) is 0 Å². The fourth-order valence-corrected chi connectivity index (χ4v) is 7.75. The fourth-order valence-electron chi connectivity index (χ4n) is 7.75. The molecule has 6 heteroatoms. The van der Waals surface area contributed by atoms with Gasteiger partial charge in [0.05, 0.1) is 22.1 Å². The van der Waals surface area contributed by atoms with Crippen LogP contribution < -0.4 is 0 Å². The van der Waals surface area contributed by atoms with E-state index in [1.54, 1.807) is 0 Å². The molecular formula is C45H27N5O. The van der Waals surface area contributed by atoms with Gasteiger partial charge in [0.1, 0.15) is 11.2 Å². The van der Waals surface area contributed by atoms with E-state index in [2.05, 4.69) is 100 Å². The second-order valence-corrected chi connectivity index (χ2v) is 12.9. The van der Waals surface area contributed by atoms with E-state index in [9.17, 15) is 0 Å². The van der Waals surface area contributed by atoms with Gasteiger partial charge in [-0.1, -0.05) is 115 Å². The third-order valence-corrected chi connectivity index (χ3v) is 9.96. The topological polar surface area (TPSA) is 61.7 Å². The first kappa shape index (κ1) is 27.9. The SMILES string of the molecule is c1ccc(-c2nc(-c3ccccc3)nc(-n3c4cc5oc6ccccc6c5cc4c4c5c6ccccc6n(-c6ccccc6)c5ccc43)n2)cc1. The number of fused-ring (bicyclic) bond motifs is 10. The molecule has 0 unspecified atom stereocenters. The summed E-state index contributed by atoms with van der Waals surface area (Å²) in [4.78, 5) is 15.4. The van der Waals surface area contributed by atoms with Gasteiger partial charge in [0.2, 0.25) is 5.95 Å². The van der Waals surface area contributed by atoms with Gasteiger partial charge in [-0.05, 0) is 42.5 Å². The Hall–Kier alpha value is -7.05. The van der Waals surface area contributed by atoms with E-state index in [0.717, 1.165) is 71.6 Å². The minimum Gasteiger partial charge on any atom is -0.456 e. The smallest absolute Gasteiger partial charge is 0.238 e. The first-order valence-corrected chi connectivity index (χ1v) is 17.0. The zero-order chi connectivity index (χ0) is 33.5. The number of aromatic nitrogens is 5. The van der Waals surface area contributed by atoms with Crippen molar-refractivity contribution in [2.75, 3.05) is 0 Å². The summed E-state index contributed by atoms with van der Waals surface area (Å²) in [5, 5.41) is 6.78. The van der Waals surface area contributed by atoms with Crippen LogP contribution in [0.3, 0.4) is 0 Å². The molecule has 0 aliphatic rings. The Labute approximate surface area is 291 Å². The predicted molar refractivity (Wildman–Crippen MR) is 207 cm³/mol. The lowest BCUT2D eigenvalue weighted by Crippen LogP contribution is -2.06. The van der Waals surface area contributed by atoms with Crippen molar-refractivity contribution in [3.8, 4) is 34.4 Å². The lowest BCUT2D eigenvalue weighted by Gasteiger charge is -2.11. The minimum absolute atomic E-state index is 0.546. The van der Waals surface area contributed by atoms with E-state index in [4.69, 9.17) is 19.4 Å². The molecule has 6 nitrogen and oxygen atoms in total. The summed E-state index contributed by atoms with van der Waals surface area (Å²) in [6.07, 6.45) is 0. The molecule has 0 spiro atoms. The normalized spacial score (nSPS) is 11.9. The lowest BCUT2D eigenvalue weighted by atomic mass is 10.0. The van der Waals surface area contributed by atoms with Crippen molar-refractivity contribution in [1.29, 1.82) is 0 Å². The van der Waals surface area contributed by atoms with Gasteiger partial charge in [-0.15, -0.1) is 0 Å². The maximum absolute atomic E-state index is 6.48. The zero-order valence-electron chi connectivity index (χ0n) is 27.2. The summed E-state index contributed by atoms with van der Waals surface area (Å²) in [6.45, 7) is 0. The average molecular weight is 654 g/mol. The number of furan rings is 1. The van der Waals surface area contributed by atoms with Crippen molar-refractivity contribution in [2.24, 2.45) is 0 Å². The molecule has 0 fully saturated rings. The van der Waals surface area contributed by atoms with Gasteiger partial charge >= 0.3 is 0 Å². The average Bonchev–Trinajstić information content (AvgIpc) is 3.85. The quantitative estimate of drug-likeness (QED) is 0.190. The molecule has 4 aromatic heterocycles. The molecule has 0 N–H and O–H groups in total. The standard InChI is InChI=1S/C45H27N5O/c1-4-14-28(15-5-1)43-46-44(29-16-6-2-7-17-29)48-45(47-43)50-37-25-24-36-41(32-21-10-12-22-35(32)49(36)30-18-8-3-9-19-30)42(37)34-26-33-31-20-11-13-23-39(31)51-40(33)27-38(34)50/h1-27H. The highest BCUT2D eigenvalue weighted by molar-refractivity contribution is 6.30. The second kappa shape index (κ2) is 10.7. The number of rotatable bonds is 4. The molecule has 0 saturated carbocycles. The van der Waals surface area contributed by atoms with Crippen LogP contribution in [0.15, 0.2) is 168 Å². The summed E-state index contributed by atoms with van der Waals surface area (Å²) < 4.78 is 11.0. The molecule has 0 bridgehead atoms. The Morgan fingerprint density at radius 2 is 0.941 bits per heavy atom. The molecule has 11 aromatic rings.